The summed E-state index contributed by atoms with van der Waals surface area (Å²) in [5.41, 5.74) is -0.0283. The average molecular weight is 270 g/mol. The van der Waals surface area contributed by atoms with E-state index in [0.717, 1.165) is 0 Å². The highest BCUT2D eigenvalue weighted by Crippen LogP contribution is 2.32. The molecule has 2 aliphatic heterocycles. The quantitative estimate of drug-likeness (QED) is 0.395. The van der Waals surface area contributed by atoms with Crippen LogP contribution in [0.5, 0.6) is 0 Å². The zero-order valence-corrected chi connectivity index (χ0v) is 9.85. The molecule has 0 unspecified atom stereocenters. The fourth-order valence-corrected chi connectivity index (χ4v) is 2.35. The lowest BCUT2D eigenvalue weighted by Gasteiger charge is -2.26. The monoisotopic (exact) mass is 270 g/mol. The van der Waals surface area contributed by atoms with Crippen LogP contribution in [-0.4, -0.2) is 63.1 Å². The normalized spacial score (nSPS) is 33.3. The van der Waals surface area contributed by atoms with Gasteiger partial charge in [-0.1, -0.05) is 0 Å². The van der Waals surface area contributed by atoms with Crippen molar-refractivity contribution in [2.45, 2.75) is 24.5 Å². The molecule has 104 valence electrons. The summed E-state index contributed by atoms with van der Waals surface area (Å²) in [4.78, 5) is 19.6. The van der Waals surface area contributed by atoms with E-state index in [1.54, 1.807) is 0 Å². The maximum atomic E-state index is 11.6. The molecule has 9 nitrogen and oxygen atoms in total. The number of nitrogens with one attached hydrogen (secondary N) is 2. The molecule has 2 aliphatic rings. The Balaban J connectivity index is 1.90. The fourth-order valence-electron chi connectivity index (χ4n) is 2.35. The van der Waals surface area contributed by atoms with Gasteiger partial charge in [-0.3, -0.25) is 4.79 Å². The molecule has 0 radical (unpaired) electrons. The van der Waals surface area contributed by atoms with E-state index in [0.29, 0.717) is 11.5 Å². The molecule has 1 fully saturated rings. The molecule has 1 aromatic heterocycles. The van der Waals surface area contributed by atoms with Crippen molar-refractivity contribution in [2.24, 2.45) is 0 Å². The first kappa shape index (κ1) is 12.4. The molecule has 0 saturated carbocycles. The number of hydrogen-bond donors (Lipinski definition) is 5. The van der Waals surface area contributed by atoms with Gasteiger partial charge in [0, 0.05) is 0 Å². The summed E-state index contributed by atoms with van der Waals surface area (Å²) >= 11 is 0. The van der Waals surface area contributed by atoms with Gasteiger partial charge in [0.1, 0.15) is 24.0 Å². The summed E-state index contributed by atoms with van der Waals surface area (Å²) in [6.45, 7) is -0.173. The van der Waals surface area contributed by atoms with Gasteiger partial charge in [0.15, 0.2) is 12.0 Å². The van der Waals surface area contributed by atoms with Crippen molar-refractivity contribution in [1.29, 1.82) is 0 Å². The number of ether oxygens (including phenoxy) is 1. The highest BCUT2D eigenvalue weighted by atomic mass is 16.6. The number of aromatic nitrogens is 2. The van der Waals surface area contributed by atoms with Crippen LogP contribution in [0.25, 0.3) is 0 Å². The summed E-state index contributed by atoms with van der Waals surface area (Å²) < 4.78 is 5.40. The molecular weight excluding hydrogens is 256 g/mol. The summed E-state index contributed by atoms with van der Waals surface area (Å²) in [6, 6.07) is 0. The molecule has 0 bridgehead atoms. The molecule has 0 amide bonds. The Hall–Kier alpha value is -1.68. The third kappa shape index (κ3) is 1.78. The van der Waals surface area contributed by atoms with Crippen LogP contribution in [0.1, 0.15) is 0 Å². The molecule has 0 aromatic carbocycles. The van der Waals surface area contributed by atoms with Crippen LogP contribution in [0.15, 0.2) is 11.1 Å². The van der Waals surface area contributed by atoms with Gasteiger partial charge < -0.3 is 35.3 Å². The number of aliphatic hydroxyl groups excluding tert-OH is 3. The van der Waals surface area contributed by atoms with E-state index >= 15 is 0 Å². The Morgan fingerprint density at radius 3 is 2.95 bits per heavy atom. The summed E-state index contributed by atoms with van der Waals surface area (Å²) in [7, 11) is 0. The first-order valence-corrected chi connectivity index (χ1v) is 5.84. The van der Waals surface area contributed by atoms with Crippen LogP contribution in [0, 0.1) is 0 Å². The SMILES string of the molecule is O=c1[nH]cnc2c1NCN2[C@@H]1O[C@@H](CO)[C@H](O)[C@H]1O. The highest BCUT2D eigenvalue weighted by Gasteiger charge is 2.47. The molecule has 3 rings (SSSR count). The lowest BCUT2D eigenvalue weighted by molar-refractivity contribution is -0.0219. The summed E-state index contributed by atoms with van der Waals surface area (Å²) in [5, 5.41) is 31.6. The predicted molar refractivity (Wildman–Crippen MR) is 63.6 cm³/mol. The smallest absolute Gasteiger partial charge is 0.276 e. The molecule has 0 aliphatic carbocycles. The lowest BCUT2D eigenvalue weighted by Crippen LogP contribution is -2.44. The van der Waals surface area contributed by atoms with Gasteiger partial charge in [-0.15, -0.1) is 0 Å². The van der Waals surface area contributed by atoms with Gasteiger partial charge >= 0.3 is 0 Å². The number of aliphatic hydroxyl groups is 3. The summed E-state index contributed by atoms with van der Waals surface area (Å²) in [6.07, 6.45) is -2.84. The van der Waals surface area contributed by atoms with Gasteiger partial charge in [0.05, 0.1) is 19.6 Å². The number of rotatable bonds is 2. The van der Waals surface area contributed by atoms with Crippen molar-refractivity contribution < 1.29 is 20.1 Å². The van der Waals surface area contributed by atoms with E-state index in [1.165, 1.54) is 11.2 Å². The minimum Gasteiger partial charge on any atom is -0.394 e. The van der Waals surface area contributed by atoms with Gasteiger partial charge in [-0.05, 0) is 0 Å². The molecule has 3 heterocycles. The zero-order valence-electron chi connectivity index (χ0n) is 9.85. The standard InChI is InChI=1S/C10H14N4O5/c15-1-4-6(16)7(17)10(19-4)14-3-13-5-8(14)11-2-12-9(5)18/h2,4,6-7,10,13,15-17H,1,3H2,(H,11,12,18)/t4-,6-,7+,10+/m0/s1. The Bertz CT molecular complexity index is 535. The Labute approximate surface area is 107 Å². The molecular formula is C10H14N4O5. The van der Waals surface area contributed by atoms with E-state index in [2.05, 4.69) is 15.3 Å². The van der Waals surface area contributed by atoms with E-state index in [4.69, 9.17) is 9.84 Å². The third-order valence-corrected chi connectivity index (χ3v) is 3.36. The number of nitrogens with zero attached hydrogens (tertiary/aromatic N) is 2. The largest absolute Gasteiger partial charge is 0.394 e. The Morgan fingerprint density at radius 2 is 2.26 bits per heavy atom. The minimum atomic E-state index is -1.19. The maximum Gasteiger partial charge on any atom is 0.276 e. The number of fused-ring (bicyclic) bond motifs is 1. The second kappa shape index (κ2) is 4.46. The molecule has 9 heteroatoms. The maximum absolute atomic E-state index is 11.6. The molecule has 4 atom stereocenters. The van der Waals surface area contributed by atoms with Gasteiger partial charge in [0.25, 0.3) is 5.56 Å². The van der Waals surface area contributed by atoms with Crippen LogP contribution in [-0.2, 0) is 4.74 Å². The van der Waals surface area contributed by atoms with Gasteiger partial charge in [-0.25, -0.2) is 4.98 Å². The second-order valence-corrected chi connectivity index (χ2v) is 4.46. The van der Waals surface area contributed by atoms with Crippen molar-refractivity contribution in [3.8, 4) is 0 Å². The first-order valence-electron chi connectivity index (χ1n) is 5.84. The molecule has 1 saturated heterocycles. The average Bonchev–Trinajstić information content (AvgIpc) is 2.94. The Morgan fingerprint density at radius 1 is 1.47 bits per heavy atom. The molecule has 1 aromatic rings. The molecule has 0 spiro atoms. The second-order valence-electron chi connectivity index (χ2n) is 4.46. The van der Waals surface area contributed by atoms with E-state index in [9.17, 15) is 15.0 Å². The number of aromatic amines is 1. The first-order chi connectivity index (χ1) is 9.13. The number of hydrogen-bond acceptors (Lipinski definition) is 8. The van der Waals surface area contributed by atoms with Crippen molar-refractivity contribution in [3.05, 3.63) is 16.7 Å². The van der Waals surface area contributed by atoms with E-state index in [1.807, 2.05) is 0 Å². The van der Waals surface area contributed by atoms with Crippen molar-refractivity contribution in [2.75, 3.05) is 23.5 Å². The highest BCUT2D eigenvalue weighted by molar-refractivity contribution is 5.69. The zero-order chi connectivity index (χ0) is 13.6. The predicted octanol–water partition coefficient (Wildman–Crippen LogP) is -2.60. The topological polar surface area (TPSA) is 131 Å². The van der Waals surface area contributed by atoms with Gasteiger partial charge in [-0.2, -0.15) is 0 Å². The molecule has 19 heavy (non-hydrogen) atoms. The van der Waals surface area contributed by atoms with Crippen molar-refractivity contribution in [1.82, 2.24) is 9.97 Å². The number of anilines is 2. The van der Waals surface area contributed by atoms with Crippen LogP contribution in [0.2, 0.25) is 0 Å². The van der Waals surface area contributed by atoms with Crippen LogP contribution < -0.4 is 15.8 Å². The van der Waals surface area contributed by atoms with Crippen LogP contribution >= 0.6 is 0 Å². The van der Waals surface area contributed by atoms with E-state index < -0.39 is 31.1 Å². The van der Waals surface area contributed by atoms with Crippen molar-refractivity contribution in [3.63, 3.8) is 0 Å². The van der Waals surface area contributed by atoms with Crippen molar-refractivity contribution >= 4 is 11.5 Å². The third-order valence-electron chi connectivity index (χ3n) is 3.36. The minimum absolute atomic E-state index is 0.224. The Kier molecular flexibility index (Phi) is 2.90. The van der Waals surface area contributed by atoms with Crippen LogP contribution in [0.3, 0.4) is 0 Å². The molecule has 5 N–H and O–H groups in total. The summed E-state index contributed by atoms with van der Waals surface area (Å²) in [5.74, 6) is 0.346. The van der Waals surface area contributed by atoms with Gasteiger partial charge in [0.2, 0.25) is 0 Å². The fraction of sp³-hybridized carbons (Fsp3) is 0.600. The van der Waals surface area contributed by atoms with Crippen LogP contribution in [0.4, 0.5) is 11.5 Å². The number of H-pyrrole nitrogens is 1. The van der Waals surface area contributed by atoms with E-state index in [-0.39, 0.29) is 12.2 Å². The lowest BCUT2D eigenvalue weighted by atomic mass is 10.1.